The minimum Gasteiger partial charge on any atom is -0.378 e. The summed E-state index contributed by atoms with van der Waals surface area (Å²) in [6, 6.07) is 4.70. The molecule has 82 valence electrons. The van der Waals surface area contributed by atoms with Crippen molar-refractivity contribution < 1.29 is 4.74 Å². The third kappa shape index (κ3) is 2.53. The maximum Gasteiger partial charge on any atom is 0.0638 e. The first-order valence-electron chi connectivity index (χ1n) is 5.30. The number of hydrogen-bond donors (Lipinski definition) is 2. The van der Waals surface area contributed by atoms with Crippen LogP contribution in [-0.4, -0.2) is 37.8 Å². The zero-order chi connectivity index (χ0) is 10.5. The number of hydrogen-bond acceptors (Lipinski definition) is 4. The second kappa shape index (κ2) is 5.21. The minimum atomic E-state index is 0.285. The zero-order valence-corrected chi connectivity index (χ0v) is 8.94. The van der Waals surface area contributed by atoms with Gasteiger partial charge in [0.05, 0.1) is 19.3 Å². The summed E-state index contributed by atoms with van der Waals surface area (Å²) in [7, 11) is 1.97. The van der Waals surface area contributed by atoms with Crippen LogP contribution >= 0.6 is 0 Å². The predicted molar refractivity (Wildman–Crippen MR) is 58.6 cm³/mol. The van der Waals surface area contributed by atoms with Gasteiger partial charge in [-0.3, -0.25) is 4.98 Å². The third-order valence-electron chi connectivity index (χ3n) is 2.73. The van der Waals surface area contributed by atoms with Gasteiger partial charge in [-0.05, 0) is 24.7 Å². The number of likely N-dealkylation sites (N-methyl/N-ethyl adjacent to an activating group) is 1. The van der Waals surface area contributed by atoms with Crippen LogP contribution < -0.4 is 10.6 Å². The second-order valence-corrected chi connectivity index (χ2v) is 3.68. The van der Waals surface area contributed by atoms with Crippen molar-refractivity contribution in [2.45, 2.75) is 12.1 Å². The fraction of sp³-hybridized carbons (Fsp3) is 0.545. The summed E-state index contributed by atoms with van der Waals surface area (Å²) in [6.45, 7) is 2.49. The molecule has 15 heavy (non-hydrogen) atoms. The van der Waals surface area contributed by atoms with Crippen molar-refractivity contribution in [3.05, 3.63) is 30.1 Å². The first-order chi connectivity index (χ1) is 7.42. The van der Waals surface area contributed by atoms with Gasteiger partial charge in [-0.2, -0.15) is 0 Å². The number of rotatable bonds is 3. The third-order valence-corrected chi connectivity index (χ3v) is 2.73. The Balaban J connectivity index is 2.09. The Morgan fingerprint density at radius 1 is 1.53 bits per heavy atom. The van der Waals surface area contributed by atoms with E-state index in [0.717, 1.165) is 19.8 Å². The van der Waals surface area contributed by atoms with Crippen LogP contribution in [0.25, 0.3) is 0 Å². The standard InChI is InChI=1S/C11H17N3O/c1-12-11(9-2-4-13-5-3-9)10-8-15-7-6-14-10/h2-5,10-12,14H,6-8H2,1H3. The molecule has 1 aliphatic rings. The molecule has 0 aromatic carbocycles. The van der Waals surface area contributed by atoms with Gasteiger partial charge >= 0.3 is 0 Å². The molecule has 2 N–H and O–H groups in total. The van der Waals surface area contributed by atoms with E-state index in [0.29, 0.717) is 6.04 Å². The maximum atomic E-state index is 5.47. The molecule has 2 atom stereocenters. The second-order valence-electron chi connectivity index (χ2n) is 3.68. The van der Waals surface area contributed by atoms with E-state index in [1.807, 2.05) is 31.6 Å². The predicted octanol–water partition coefficient (Wildman–Crippen LogP) is 0.330. The number of nitrogens with zero attached hydrogens (tertiary/aromatic N) is 1. The van der Waals surface area contributed by atoms with Crippen LogP contribution in [0.4, 0.5) is 0 Å². The lowest BCUT2D eigenvalue weighted by Crippen LogP contribution is -2.48. The lowest BCUT2D eigenvalue weighted by molar-refractivity contribution is 0.0645. The summed E-state index contributed by atoms with van der Waals surface area (Å²) in [5, 5.41) is 6.78. The molecule has 0 bridgehead atoms. The fourth-order valence-electron chi connectivity index (χ4n) is 1.97. The van der Waals surface area contributed by atoms with Crippen molar-refractivity contribution in [2.75, 3.05) is 26.8 Å². The summed E-state index contributed by atoms with van der Waals surface area (Å²) in [4.78, 5) is 4.03. The van der Waals surface area contributed by atoms with E-state index >= 15 is 0 Å². The molecular formula is C11H17N3O. The number of aromatic nitrogens is 1. The molecule has 4 heteroatoms. The molecule has 2 heterocycles. The van der Waals surface area contributed by atoms with Crippen molar-refractivity contribution in [3.8, 4) is 0 Å². The summed E-state index contributed by atoms with van der Waals surface area (Å²) >= 11 is 0. The average molecular weight is 207 g/mol. The molecule has 0 aliphatic carbocycles. The Labute approximate surface area is 90.0 Å². The first kappa shape index (κ1) is 10.5. The molecule has 1 aromatic rings. The monoisotopic (exact) mass is 207 g/mol. The number of pyridine rings is 1. The molecule has 1 fully saturated rings. The van der Waals surface area contributed by atoms with Gasteiger partial charge in [0.1, 0.15) is 0 Å². The number of nitrogens with one attached hydrogen (secondary N) is 2. The van der Waals surface area contributed by atoms with Gasteiger partial charge < -0.3 is 15.4 Å². The molecule has 2 rings (SSSR count). The highest BCUT2D eigenvalue weighted by Gasteiger charge is 2.23. The molecule has 1 saturated heterocycles. The van der Waals surface area contributed by atoms with Crippen molar-refractivity contribution >= 4 is 0 Å². The zero-order valence-electron chi connectivity index (χ0n) is 8.94. The Bertz CT molecular complexity index is 285. The lowest BCUT2D eigenvalue weighted by Gasteiger charge is -2.31. The van der Waals surface area contributed by atoms with Crippen LogP contribution in [0.1, 0.15) is 11.6 Å². The Morgan fingerprint density at radius 2 is 2.33 bits per heavy atom. The lowest BCUT2D eigenvalue weighted by atomic mass is 10.0. The Morgan fingerprint density at radius 3 is 2.93 bits per heavy atom. The van der Waals surface area contributed by atoms with Gasteiger partial charge in [0, 0.05) is 25.0 Å². The molecule has 0 amide bonds. The minimum absolute atomic E-state index is 0.285. The Hall–Kier alpha value is -0.970. The van der Waals surface area contributed by atoms with Crippen LogP contribution in [0.2, 0.25) is 0 Å². The van der Waals surface area contributed by atoms with Gasteiger partial charge in [0.15, 0.2) is 0 Å². The first-order valence-corrected chi connectivity index (χ1v) is 5.30. The summed E-state index contributed by atoms with van der Waals surface area (Å²) in [5.41, 5.74) is 1.25. The van der Waals surface area contributed by atoms with Gasteiger partial charge in [-0.15, -0.1) is 0 Å². The van der Waals surface area contributed by atoms with Crippen molar-refractivity contribution in [1.29, 1.82) is 0 Å². The van der Waals surface area contributed by atoms with Gasteiger partial charge in [-0.1, -0.05) is 0 Å². The van der Waals surface area contributed by atoms with E-state index in [4.69, 9.17) is 4.74 Å². The van der Waals surface area contributed by atoms with Crippen molar-refractivity contribution in [2.24, 2.45) is 0 Å². The smallest absolute Gasteiger partial charge is 0.0638 e. The van der Waals surface area contributed by atoms with Gasteiger partial charge in [-0.25, -0.2) is 0 Å². The Kier molecular flexibility index (Phi) is 3.66. The van der Waals surface area contributed by atoms with E-state index in [-0.39, 0.29) is 6.04 Å². The highest BCUT2D eigenvalue weighted by atomic mass is 16.5. The summed E-state index contributed by atoms with van der Waals surface area (Å²) in [5.74, 6) is 0. The average Bonchev–Trinajstić information content (AvgIpc) is 2.33. The molecule has 1 aromatic heterocycles. The fourth-order valence-corrected chi connectivity index (χ4v) is 1.97. The maximum absolute atomic E-state index is 5.47. The van der Waals surface area contributed by atoms with E-state index in [9.17, 15) is 0 Å². The van der Waals surface area contributed by atoms with Gasteiger partial charge in [0.25, 0.3) is 0 Å². The van der Waals surface area contributed by atoms with E-state index in [1.165, 1.54) is 5.56 Å². The van der Waals surface area contributed by atoms with Crippen LogP contribution in [0, 0.1) is 0 Å². The van der Waals surface area contributed by atoms with E-state index < -0.39 is 0 Å². The normalized spacial score (nSPS) is 23.7. The van der Waals surface area contributed by atoms with Crippen molar-refractivity contribution in [1.82, 2.24) is 15.6 Å². The quantitative estimate of drug-likeness (QED) is 0.750. The molecule has 0 radical (unpaired) electrons. The van der Waals surface area contributed by atoms with Crippen LogP contribution in [-0.2, 0) is 4.74 Å². The summed E-state index contributed by atoms with van der Waals surface area (Å²) in [6.07, 6.45) is 3.65. The van der Waals surface area contributed by atoms with E-state index in [2.05, 4.69) is 15.6 Å². The highest BCUT2D eigenvalue weighted by Crippen LogP contribution is 2.17. The SMILES string of the molecule is CNC(c1ccncc1)C1COCCN1. The van der Waals surface area contributed by atoms with E-state index in [1.54, 1.807) is 0 Å². The molecule has 1 aliphatic heterocycles. The number of morpholine rings is 1. The summed E-state index contributed by atoms with van der Waals surface area (Å²) < 4.78 is 5.47. The highest BCUT2D eigenvalue weighted by molar-refractivity contribution is 5.17. The molecule has 4 nitrogen and oxygen atoms in total. The molecule has 0 saturated carbocycles. The van der Waals surface area contributed by atoms with Crippen LogP contribution in [0.15, 0.2) is 24.5 Å². The van der Waals surface area contributed by atoms with Crippen LogP contribution in [0.3, 0.4) is 0 Å². The van der Waals surface area contributed by atoms with Crippen molar-refractivity contribution in [3.63, 3.8) is 0 Å². The van der Waals surface area contributed by atoms with Gasteiger partial charge in [0.2, 0.25) is 0 Å². The largest absolute Gasteiger partial charge is 0.378 e. The van der Waals surface area contributed by atoms with Crippen LogP contribution in [0.5, 0.6) is 0 Å². The topological polar surface area (TPSA) is 46.2 Å². The molecule has 2 unspecified atom stereocenters. The molecular weight excluding hydrogens is 190 g/mol. The molecule has 0 spiro atoms. The number of ether oxygens (including phenoxy) is 1.